The third kappa shape index (κ3) is 2.97. The highest BCUT2D eigenvalue weighted by Gasteiger charge is 2.52. The zero-order valence-electron chi connectivity index (χ0n) is 13.7. The van der Waals surface area contributed by atoms with Gasteiger partial charge in [-0.2, -0.15) is 0 Å². The van der Waals surface area contributed by atoms with E-state index >= 15 is 0 Å². The maximum atomic E-state index is 12.8. The molecule has 3 N–H and O–H groups in total. The number of hydrogen-bond donors (Lipinski definition) is 3. The number of nitrogens with one attached hydrogen (secondary N) is 1. The van der Waals surface area contributed by atoms with Crippen molar-refractivity contribution < 1.29 is 24.6 Å². The van der Waals surface area contributed by atoms with Crippen molar-refractivity contribution in [2.75, 3.05) is 6.54 Å². The van der Waals surface area contributed by atoms with E-state index in [0.29, 0.717) is 5.69 Å². The van der Waals surface area contributed by atoms with Crippen LogP contribution in [0.1, 0.15) is 10.7 Å². The number of aromatic nitrogens is 1. The van der Waals surface area contributed by atoms with E-state index in [1.54, 1.807) is 36.6 Å². The lowest BCUT2D eigenvalue weighted by Crippen LogP contribution is -2.55. The number of aliphatic hydroxyl groups excluding tert-OH is 1. The van der Waals surface area contributed by atoms with E-state index in [1.165, 1.54) is 11.3 Å². The standard InChI is InChI=1S/C17H15N3O5S/c1-9-19-10(8-26-9)6-17(15(24)18-7-13(21)22)14(23)11-4-2-3-5-12(11)20-16(17)25/h2-5,8,23H,6-7H2,1H3,(H,18,24)(H,21,22). The second-order valence-corrected chi connectivity index (χ2v) is 6.86. The summed E-state index contributed by atoms with van der Waals surface area (Å²) in [6, 6.07) is 6.40. The fourth-order valence-electron chi connectivity index (χ4n) is 2.82. The van der Waals surface area contributed by atoms with Crippen molar-refractivity contribution in [1.82, 2.24) is 10.3 Å². The molecule has 134 valence electrons. The number of hydrogen-bond acceptors (Lipinski definition) is 6. The van der Waals surface area contributed by atoms with Gasteiger partial charge in [-0.3, -0.25) is 14.4 Å². The highest BCUT2D eigenvalue weighted by molar-refractivity contribution is 7.09. The van der Waals surface area contributed by atoms with Crippen LogP contribution in [0.25, 0.3) is 5.76 Å². The summed E-state index contributed by atoms with van der Waals surface area (Å²) < 4.78 is 0. The van der Waals surface area contributed by atoms with Gasteiger partial charge in [0.05, 0.1) is 16.1 Å². The molecule has 1 aromatic heterocycles. The van der Waals surface area contributed by atoms with E-state index in [1.807, 2.05) is 0 Å². The van der Waals surface area contributed by atoms with Gasteiger partial charge < -0.3 is 15.5 Å². The van der Waals surface area contributed by atoms with E-state index in [9.17, 15) is 19.5 Å². The molecule has 1 atom stereocenters. The third-order valence-corrected chi connectivity index (χ3v) is 4.87. The van der Waals surface area contributed by atoms with Crippen LogP contribution in [0.4, 0.5) is 0 Å². The topological polar surface area (TPSA) is 129 Å². The molecule has 26 heavy (non-hydrogen) atoms. The molecule has 0 saturated carbocycles. The van der Waals surface area contributed by atoms with Crippen LogP contribution < -0.4 is 15.9 Å². The Morgan fingerprint density at radius 3 is 2.69 bits per heavy atom. The SMILES string of the molecule is Cc1nc(CC2(C(=O)NCC(=O)O)C(=O)N=c3ccccc3=C2O)cs1. The molecule has 1 aliphatic rings. The lowest BCUT2D eigenvalue weighted by molar-refractivity contribution is -0.143. The summed E-state index contributed by atoms with van der Waals surface area (Å²) in [5, 5.41) is 24.8. The van der Waals surface area contributed by atoms with E-state index in [-0.39, 0.29) is 17.0 Å². The molecule has 0 spiro atoms. The Balaban J connectivity index is 2.17. The number of aryl methyl sites for hydroxylation is 1. The molecule has 2 aromatic rings. The van der Waals surface area contributed by atoms with Gasteiger partial charge in [-0.25, -0.2) is 9.98 Å². The van der Waals surface area contributed by atoms with Crippen LogP contribution in [0.15, 0.2) is 34.6 Å². The third-order valence-electron chi connectivity index (χ3n) is 4.05. The Hall–Kier alpha value is -3.07. The van der Waals surface area contributed by atoms with E-state index in [0.717, 1.165) is 5.01 Å². The first-order valence-corrected chi connectivity index (χ1v) is 8.55. The summed E-state index contributed by atoms with van der Waals surface area (Å²) in [7, 11) is 0. The first-order valence-electron chi connectivity index (χ1n) is 7.67. The molecule has 2 amide bonds. The molecular weight excluding hydrogens is 358 g/mol. The number of aliphatic hydroxyl groups is 1. The number of amides is 2. The fraction of sp³-hybridized carbons (Fsp3) is 0.235. The number of carbonyl (C=O) groups is 3. The van der Waals surface area contributed by atoms with E-state index < -0.39 is 35.5 Å². The molecule has 8 nitrogen and oxygen atoms in total. The van der Waals surface area contributed by atoms with Gasteiger partial charge in [0.25, 0.3) is 5.91 Å². The van der Waals surface area contributed by atoms with Crippen LogP contribution in [-0.2, 0) is 20.8 Å². The van der Waals surface area contributed by atoms with Crippen LogP contribution >= 0.6 is 11.3 Å². The van der Waals surface area contributed by atoms with E-state index in [4.69, 9.17) is 5.11 Å². The lowest BCUT2D eigenvalue weighted by Gasteiger charge is -2.29. The molecule has 2 heterocycles. The van der Waals surface area contributed by atoms with Gasteiger partial charge in [0.15, 0.2) is 5.41 Å². The first-order chi connectivity index (χ1) is 12.3. The second kappa shape index (κ2) is 6.68. The molecule has 0 saturated heterocycles. The summed E-state index contributed by atoms with van der Waals surface area (Å²) in [6.07, 6.45) is -0.217. The molecule has 0 bridgehead atoms. The Morgan fingerprint density at radius 2 is 2.04 bits per heavy atom. The molecule has 1 unspecified atom stereocenters. The van der Waals surface area contributed by atoms with Crippen molar-refractivity contribution in [2.45, 2.75) is 13.3 Å². The first kappa shape index (κ1) is 17.7. The number of thiazole rings is 1. The summed E-state index contributed by atoms with van der Waals surface area (Å²) in [6.45, 7) is 1.09. The Kier molecular flexibility index (Phi) is 4.56. The number of carboxylic acids is 1. The Labute approximate surface area is 151 Å². The summed E-state index contributed by atoms with van der Waals surface area (Å²) in [5.74, 6) is -3.51. The minimum absolute atomic E-state index is 0.217. The molecule has 1 aromatic carbocycles. The number of benzene rings is 1. The normalized spacial score (nSPS) is 18.8. The van der Waals surface area contributed by atoms with Crippen LogP contribution in [0.2, 0.25) is 0 Å². The molecule has 0 aliphatic carbocycles. The molecular formula is C17H15N3O5S. The molecule has 1 aliphatic heterocycles. The minimum atomic E-state index is -2.05. The number of fused-ring (bicyclic) bond motifs is 1. The number of carboxylic acid groups (broad SMARTS) is 1. The van der Waals surface area contributed by atoms with Crippen molar-refractivity contribution in [3.8, 4) is 0 Å². The van der Waals surface area contributed by atoms with Gasteiger partial charge in [-0.05, 0) is 19.1 Å². The van der Waals surface area contributed by atoms with Crippen LogP contribution in [-0.4, -0.2) is 39.5 Å². The zero-order chi connectivity index (χ0) is 18.9. The smallest absolute Gasteiger partial charge is 0.322 e. The van der Waals surface area contributed by atoms with Crippen LogP contribution in [0.3, 0.4) is 0 Å². The van der Waals surface area contributed by atoms with Crippen LogP contribution in [0, 0.1) is 12.3 Å². The van der Waals surface area contributed by atoms with Crippen molar-refractivity contribution >= 4 is 34.9 Å². The Bertz CT molecular complexity index is 1030. The Morgan fingerprint density at radius 1 is 1.31 bits per heavy atom. The number of rotatable bonds is 5. The maximum Gasteiger partial charge on any atom is 0.322 e. The molecule has 9 heteroatoms. The van der Waals surface area contributed by atoms with Crippen molar-refractivity contribution in [2.24, 2.45) is 10.4 Å². The van der Waals surface area contributed by atoms with Crippen molar-refractivity contribution in [3.63, 3.8) is 0 Å². The summed E-state index contributed by atoms with van der Waals surface area (Å²) in [4.78, 5) is 44.6. The minimum Gasteiger partial charge on any atom is -0.510 e. The second-order valence-electron chi connectivity index (χ2n) is 5.80. The zero-order valence-corrected chi connectivity index (χ0v) is 14.5. The van der Waals surface area contributed by atoms with Gasteiger partial charge in [0.2, 0.25) is 5.91 Å². The predicted octanol–water partition coefficient (Wildman–Crippen LogP) is -0.293. The highest BCUT2D eigenvalue weighted by Crippen LogP contribution is 2.34. The number of aliphatic carboxylic acids is 1. The van der Waals surface area contributed by atoms with Crippen LogP contribution in [0.5, 0.6) is 0 Å². The van der Waals surface area contributed by atoms with Crippen molar-refractivity contribution in [1.29, 1.82) is 0 Å². The number of carbonyl (C=O) groups excluding carboxylic acids is 2. The fourth-order valence-corrected chi connectivity index (χ4v) is 3.43. The van der Waals surface area contributed by atoms with Gasteiger partial charge >= 0.3 is 5.97 Å². The number of para-hydroxylation sites is 1. The predicted molar refractivity (Wildman–Crippen MR) is 91.9 cm³/mol. The number of nitrogens with zero attached hydrogens (tertiary/aromatic N) is 2. The molecule has 0 fully saturated rings. The quantitative estimate of drug-likeness (QED) is 0.618. The van der Waals surface area contributed by atoms with Gasteiger partial charge in [-0.1, -0.05) is 12.1 Å². The average molecular weight is 373 g/mol. The monoisotopic (exact) mass is 373 g/mol. The summed E-state index contributed by atoms with van der Waals surface area (Å²) >= 11 is 1.34. The van der Waals surface area contributed by atoms with Gasteiger partial charge in [-0.15, -0.1) is 11.3 Å². The summed E-state index contributed by atoms with van der Waals surface area (Å²) in [5.41, 5.74) is -1.61. The highest BCUT2D eigenvalue weighted by atomic mass is 32.1. The van der Waals surface area contributed by atoms with E-state index in [2.05, 4.69) is 15.3 Å². The molecule has 3 rings (SSSR count). The molecule has 0 radical (unpaired) electrons. The van der Waals surface area contributed by atoms with Crippen molar-refractivity contribution in [3.05, 3.63) is 50.9 Å². The lowest BCUT2D eigenvalue weighted by atomic mass is 9.77. The average Bonchev–Trinajstić information content (AvgIpc) is 3.01. The van der Waals surface area contributed by atoms with Gasteiger partial charge in [0.1, 0.15) is 12.3 Å². The maximum absolute atomic E-state index is 12.8. The largest absolute Gasteiger partial charge is 0.510 e. The van der Waals surface area contributed by atoms with Gasteiger partial charge in [0, 0.05) is 17.0 Å².